The summed E-state index contributed by atoms with van der Waals surface area (Å²) in [5.41, 5.74) is 1.33. The van der Waals surface area contributed by atoms with Crippen molar-refractivity contribution in [3.8, 4) is 28.7 Å². The molecule has 0 aromatic heterocycles. The Kier molecular flexibility index (Phi) is 5.97. The molecule has 0 aliphatic carbocycles. The number of carbonyl (C=O) groups is 2. The van der Waals surface area contributed by atoms with E-state index in [0.717, 1.165) is 38.0 Å². The number of benzene rings is 2. The first-order chi connectivity index (χ1) is 16.7. The molecule has 0 spiro atoms. The normalized spacial score (nSPS) is 23.1. The van der Waals surface area contributed by atoms with E-state index in [-0.39, 0.29) is 46.3 Å². The van der Waals surface area contributed by atoms with Crippen molar-refractivity contribution in [2.24, 2.45) is 11.8 Å². The van der Waals surface area contributed by atoms with Crippen LogP contribution in [0, 0.1) is 18.8 Å². The Bertz CT molecular complexity index is 1180. The molecule has 3 heterocycles. The second-order valence-electron chi connectivity index (χ2n) is 10.4. The number of methoxy groups -OCH3 is 1. The van der Waals surface area contributed by atoms with Crippen LogP contribution < -0.4 is 18.9 Å². The quantitative estimate of drug-likeness (QED) is 0.358. The number of nitrogens with zero attached hydrogens (tertiary/aromatic N) is 1. The number of ether oxygens (including phenoxy) is 4. The molecule has 1 N–H and O–H groups in total. The molecular weight excluding hydrogens is 450 g/mol. The van der Waals surface area contributed by atoms with Crippen LogP contribution in [0.4, 0.5) is 4.79 Å². The molecule has 186 valence electrons. The highest BCUT2D eigenvalue weighted by molar-refractivity contribution is 5.99. The zero-order chi connectivity index (χ0) is 24.9. The number of quaternary nitrogens is 1. The number of hydrogen-bond acceptors (Lipinski definition) is 7. The van der Waals surface area contributed by atoms with Crippen molar-refractivity contribution in [3.05, 3.63) is 41.0 Å². The van der Waals surface area contributed by atoms with Gasteiger partial charge in [0.15, 0.2) is 11.5 Å². The fourth-order valence-electron chi connectivity index (χ4n) is 5.56. The Morgan fingerprint density at radius 1 is 1.17 bits per heavy atom. The van der Waals surface area contributed by atoms with Gasteiger partial charge in [-0.05, 0) is 49.1 Å². The summed E-state index contributed by atoms with van der Waals surface area (Å²) in [6, 6.07) is 6.70. The Morgan fingerprint density at radius 3 is 2.54 bits per heavy atom. The minimum absolute atomic E-state index is 0.0859. The second kappa shape index (κ2) is 8.84. The van der Waals surface area contributed by atoms with Gasteiger partial charge in [-0.3, -0.25) is 0 Å². The highest BCUT2D eigenvalue weighted by Crippen LogP contribution is 2.48. The van der Waals surface area contributed by atoms with Gasteiger partial charge >= 0.3 is 12.1 Å². The van der Waals surface area contributed by atoms with E-state index < -0.39 is 12.1 Å². The largest absolute Gasteiger partial charge is 0.521 e. The Hall–Kier alpha value is -3.10. The summed E-state index contributed by atoms with van der Waals surface area (Å²) < 4.78 is 23.7. The lowest BCUT2D eigenvalue weighted by molar-refractivity contribution is -0.835. The molecule has 0 unspecified atom stereocenters. The summed E-state index contributed by atoms with van der Waals surface area (Å²) in [5.74, 6) is 1.13. The Balaban J connectivity index is 1.53. The molecule has 2 bridgehead atoms. The van der Waals surface area contributed by atoms with Crippen molar-refractivity contribution in [1.82, 2.24) is 0 Å². The number of rotatable bonds is 5. The Morgan fingerprint density at radius 2 is 1.91 bits per heavy atom. The molecule has 2 fully saturated rings. The minimum Gasteiger partial charge on any atom is -0.495 e. The summed E-state index contributed by atoms with van der Waals surface area (Å²) in [5, 5.41) is 10.7. The average molecular weight is 483 g/mol. The molecule has 1 atom stereocenters. The molecule has 8 heteroatoms. The topological polar surface area (TPSA) is 91.3 Å². The molecule has 3 aliphatic heterocycles. The molecule has 0 saturated carbocycles. The monoisotopic (exact) mass is 482 g/mol. The van der Waals surface area contributed by atoms with E-state index in [1.807, 2.05) is 20.8 Å². The standard InChI is InChI=1S/C27H32NO7/c1-15(2)11-19(29)18-5-6-20-23(24(18)32-4)26(30)34-21-12-16(3)13-22(25(21)33-20)35-27(31)28-9-7-17(14-28)8-10-28/h5-6,12-13,15,17,19,29H,7-11,14H2,1-4H3/q+1/t17?,19-,28?/m0/s1. The number of carbonyl (C=O) groups excluding carboxylic acids is 2. The number of piperidine rings is 1. The first-order valence-electron chi connectivity index (χ1n) is 12.2. The maximum atomic E-state index is 13.2. The third kappa shape index (κ3) is 4.15. The van der Waals surface area contributed by atoms with E-state index in [2.05, 4.69) is 0 Å². The highest BCUT2D eigenvalue weighted by Gasteiger charge is 2.52. The van der Waals surface area contributed by atoms with Gasteiger partial charge in [-0.2, -0.15) is 4.79 Å². The van der Waals surface area contributed by atoms with E-state index in [1.54, 1.807) is 24.3 Å². The van der Waals surface area contributed by atoms with Crippen LogP contribution >= 0.6 is 0 Å². The predicted octanol–water partition coefficient (Wildman–Crippen LogP) is 5.15. The van der Waals surface area contributed by atoms with Gasteiger partial charge in [0.05, 0.1) is 32.8 Å². The fourth-order valence-corrected chi connectivity index (χ4v) is 5.56. The van der Waals surface area contributed by atoms with Crippen molar-refractivity contribution in [2.75, 3.05) is 26.7 Å². The third-order valence-corrected chi connectivity index (χ3v) is 7.31. The van der Waals surface area contributed by atoms with Crippen LogP contribution in [0.3, 0.4) is 0 Å². The first-order valence-corrected chi connectivity index (χ1v) is 12.2. The maximum absolute atomic E-state index is 13.2. The zero-order valence-corrected chi connectivity index (χ0v) is 20.6. The summed E-state index contributed by atoms with van der Waals surface area (Å²) in [6.07, 6.45) is 1.46. The molecular formula is C27H32NO7+. The van der Waals surface area contributed by atoms with E-state index in [4.69, 9.17) is 18.9 Å². The average Bonchev–Trinajstić information content (AvgIpc) is 3.39. The fraction of sp³-hybridized carbons (Fsp3) is 0.481. The molecule has 35 heavy (non-hydrogen) atoms. The van der Waals surface area contributed by atoms with E-state index >= 15 is 0 Å². The van der Waals surface area contributed by atoms with Crippen molar-refractivity contribution < 1.29 is 38.1 Å². The van der Waals surface area contributed by atoms with Gasteiger partial charge in [0, 0.05) is 24.3 Å². The number of fused-ring (bicyclic) bond motifs is 4. The summed E-state index contributed by atoms with van der Waals surface area (Å²) in [6.45, 7) is 8.23. The SMILES string of the molecule is COc1c([C@@H](O)CC(C)C)ccc2c1C(=O)Oc1cc(C)cc(OC(=O)[N+]34CCC(CC3)C4)c1O2. The zero-order valence-electron chi connectivity index (χ0n) is 20.6. The van der Waals surface area contributed by atoms with Gasteiger partial charge in [0.25, 0.3) is 0 Å². The van der Waals surface area contributed by atoms with Crippen LogP contribution in [0.15, 0.2) is 24.3 Å². The van der Waals surface area contributed by atoms with Crippen LogP contribution in [0.5, 0.6) is 28.7 Å². The third-order valence-electron chi connectivity index (χ3n) is 7.31. The lowest BCUT2D eigenvalue weighted by atomic mass is 9.96. The van der Waals surface area contributed by atoms with Crippen molar-refractivity contribution >= 4 is 12.1 Å². The summed E-state index contributed by atoms with van der Waals surface area (Å²) in [7, 11) is 1.44. The number of hydrogen-bond donors (Lipinski definition) is 1. The van der Waals surface area contributed by atoms with E-state index in [9.17, 15) is 14.7 Å². The van der Waals surface area contributed by atoms with Gasteiger partial charge in [-0.1, -0.05) is 13.8 Å². The first kappa shape index (κ1) is 23.6. The maximum Gasteiger partial charge on any atom is 0.521 e. The molecule has 2 aromatic rings. The lowest BCUT2D eigenvalue weighted by Gasteiger charge is -2.27. The number of amides is 1. The molecule has 8 nitrogen and oxygen atoms in total. The second-order valence-corrected chi connectivity index (χ2v) is 10.4. The van der Waals surface area contributed by atoms with Crippen LogP contribution in [-0.2, 0) is 0 Å². The van der Waals surface area contributed by atoms with E-state index in [0.29, 0.717) is 22.4 Å². The predicted molar refractivity (Wildman–Crippen MR) is 127 cm³/mol. The molecule has 0 radical (unpaired) electrons. The van der Waals surface area contributed by atoms with Crippen molar-refractivity contribution in [3.63, 3.8) is 0 Å². The smallest absolute Gasteiger partial charge is 0.495 e. The summed E-state index contributed by atoms with van der Waals surface area (Å²) in [4.78, 5) is 26.5. The number of aliphatic hydroxyl groups excluding tert-OH is 1. The van der Waals surface area contributed by atoms with Crippen LogP contribution in [0.1, 0.15) is 60.7 Å². The van der Waals surface area contributed by atoms with Gasteiger partial charge in [0.2, 0.25) is 5.75 Å². The number of aryl methyl sites for hydroxylation is 1. The van der Waals surface area contributed by atoms with Crippen LogP contribution in [0.2, 0.25) is 0 Å². The molecule has 2 aromatic carbocycles. The van der Waals surface area contributed by atoms with E-state index in [1.165, 1.54) is 7.11 Å². The number of aliphatic hydroxyl groups is 1. The van der Waals surface area contributed by atoms with Gasteiger partial charge in [0.1, 0.15) is 17.1 Å². The molecule has 5 rings (SSSR count). The van der Waals surface area contributed by atoms with Gasteiger partial charge in [-0.25, -0.2) is 9.28 Å². The van der Waals surface area contributed by atoms with Crippen LogP contribution in [0.25, 0.3) is 0 Å². The minimum atomic E-state index is -0.814. The molecule has 2 saturated heterocycles. The Labute approximate surface area is 204 Å². The summed E-state index contributed by atoms with van der Waals surface area (Å²) >= 11 is 0. The van der Waals surface area contributed by atoms with Gasteiger partial charge < -0.3 is 24.1 Å². The molecule has 1 amide bonds. The van der Waals surface area contributed by atoms with Crippen molar-refractivity contribution in [2.45, 2.75) is 46.1 Å². The van der Waals surface area contributed by atoms with Gasteiger partial charge in [-0.15, -0.1) is 0 Å². The van der Waals surface area contributed by atoms with Crippen molar-refractivity contribution in [1.29, 1.82) is 0 Å². The highest BCUT2D eigenvalue weighted by atomic mass is 16.6. The lowest BCUT2D eigenvalue weighted by Crippen LogP contribution is -2.50. The molecule has 3 aliphatic rings. The number of esters is 1. The van der Waals surface area contributed by atoms with Crippen LogP contribution in [-0.4, -0.2) is 48.4 Å².